The van der Waals surface area contributed by atoms with Crippen molar-refractivity contribution in [2.45, 2.75) is 37.8 Å². The highest BCUT2D eigenvalue weighted by molar-refractivity contribution is 9.10. The molecule has 1 aromatic rings. The molecule has 0 bridgehead atoms. The maximum atomic E-state index is 6.36. The summed E-state index contributed by atoms with van der Waals surface area (Å²) < 4.78 is 0.927. The first kappa shape index (κ1) is 14.0. The quantitative estimate of drug-likeness (QED) is 0.851. The Balaban J connectivity index is 1.77. The van der Waals surface area contributed by atoms with Gasteiger partial charge in [-0.1, -0.05) is 39.1 Å². The normalized spacial score (nSPS) is 23.7. The van der Waals surface area contributed by atoms with E-state index in [1.54, 1.807) is 0 Å². The molecule has 2 fully saturated rings. The third-order valence-electron chi connectivity index (χ3n) is 3.77. The molecule has 1 atom stereocenters. The Bertz CT molecular complexity index is 454. The molecule has 1 N–H and O–H groups in total. The van der Waals surface area contributed by atoms with Crippen molar-refractivity contribution in [1.82, 2.24) is 5.32 Å². The van der Waals surface area contributed by atoms with E-state index in [4.69, 9.17) is 23.2 Å². The fraction of sp³-hybridized carbons (Fsp3) is 0.571. The van der Waals surface area contributed by atoms with E-state index in [9.17, 15) is 0 Å². The van der Waals surface area contributed by atoms with Crippen LogP contribution in [-0.4, -0.2) is 25.2 Å². The second kappa shape index (κ2) is 5.80. The zero-order chi connectivity index (χ0) is 13.4. The fourth-order valence-corrected chi connectivity index (χ4v) is 4.18. The van der Waals surface area contributed by atoms with E-state index >= 15 is 0 Å². The molecule has 1 aromatic carbocycles. The maximum absolute atomic E-state index is 6.36. The third-order valence-corrected chi connectivity index (χ3v) is 4.80. The van der Waals surface area contributed by atoms with Crippen LogP contribution in [0, 0.1) is 0 Å². The van der Waals surface area contributed by atoms with Crippen LogP contribution in [0.4, 0.5) is 5.69 Å². The molecule has 0 amide bonds. The lowest BCUT2D eigenvalue weighted by Gasteiger charge is -2.36. The van der Waals surface area contributed by atoms with Crippen LogP contribution in [0.5, 0.6) is 0 Å². The minimum absolute atomic E-state index is 0.567. The predicted octanol–water partition coefficient (Wildman–Crippen LogP) is 4.48. The van der Waals surface area contributed by atoms with Crippen LogP contribution < -0.4 is 10.2 Å². The van der Waals surface area contributed by atoms with Crippen LogP contribution in [0.3, 0.4) is 0 Å². The van der Waals surface area contributed by atoms with E-state index in [-0.39, 0.29) is 0 Å². The molecular weight excluding hydrogens is 347 g/mol. The van der Waals surface area contributed by atoms with Gasteiger partial charge in [0.2, 0.25) is 0 Å². The van der Waals surface area contributed by atoms with Crippen LogP contribution in [0.15, 0.2) is 16.6 Å². The summed E-state index contributed by atoms with van der Waals surface area (Å²) in [6.07, 6.45) is 5.10. The number of nitrogens with one attached hydrogen (secondary N) is 1. The average molecular weight is 364 g/mol. The summed E-state index contributed by atoms with van der Waals surface area (Å²) in [5.41, 5.74) is 0.980. The molecule has 1 aliphatic carbocycles. The molecule has 1 unspecified atom stereocenters. The lowest BCUT2D eigenvalue weighted by atomic mass is 10.0. The summed E-state index contributed by atoms with van der Waals surface area (Å²) in [5, 5.41) is 5.16. The molecule has 1 saturated carbocycles. The SMILES string of the molecule is Clc1cc(Br)cc(Cl)c1N1CCCC(NC2CC2)C1. The molecule has 104 valence electrons. The summed E-state index contributed by atoms with van der Waals surface area (Å²) in [7, 11) is 0. The molecule has 0 radical (unpaired) electrons. The van der Waals surface area contributed by atoms with E-state index in [1.165, 1.54) is 25.7 Å². The smallest absolute Gasteiger partial charge is 0.0746 e. The monoisotopic (exact) mass is 362 g/mol. The first-order valence-corrected chi connectivity index (χ1v) is 8.34. The molecule has 1 heterocycles. The second-order valence-electron chi connectivity index (χ2n) is 5.44. The summed E-state index contributed by atoms with van der Waals surface area (Å²) in [5.74, 6) is 0. The largest absolute Gasteiger partial charge is 0.368 e. The lowest BCUT2D eigenvalue weighted by molar-refractivity contribution is 0.420. The standard InChI is InChI=1S/C14H17BrCl2N2/c15-9-6-12(16)14(13(17)7-9)19-5-1-2-11(8-19)18-10-3-4-10/h6-7,10-11,18H,1-5,8H2. The van der Waals surface area contributed by atoms with Crippen LogP contribution in [0.1, 0.15) is 25.7 Å². The predicted molar refractivity (Wildman–Crippen MR) is 85.6 cm³/mol. The molecule has 2 nitrogen and oxygen atoms in total. The van der Waals surface area contributed by atoms with Gasteiger partial charge in [-0.05, 0) is 37.8 Å². The molecule has 1 aliphatic heterocycles. The molecule has 5 heteroatoms. The molecule has 2 aliphatic rings. The van der Waals surface area contributed by atoms with Gasteiger partial charge in [0.1, 0.15) is 0 Å². The Labute approximate surface area is 132 Å². The zero-order valence-electron chi connectivity index (χ0n) is 10.6. The molecule has 3 rings (SSSR count). The van der Waals surface area contributed by atoms with Crippen LogP contribution in [0.25, 0.3) is 0 Å². The highest BCUT2D eigenvalue weighted by Crippen LogP contribution is 2.38. The first-order valence-electron chi connectivity index (χ1n) is 6.79. The van der Waals surface area contributed by atoms with Crippen molar-refractivity contribution in [3.05, 3.63) is 26.7 Å². The fourth-order valence-electron chi connectivity index (χ4n) is 2.74. The van der Waals surface area contributed by atoms with Crippen molar-refractivity contribution in [3.8, 4) is 0 Å². The minimum Gasteiger partial charge on any atom is -0.368 e. The Hall–Kier alpha value is 0.0400. The molecule has 1 saturated heterocycles. The number of benzene rings is 1. The van der Waals surface area contributed by atoms with Crippen molar-refractivity contribution < 1.29 is 0 Å². The maximum Gasteiger partial charge on any atom is 0.0746 e. The van der Waals surface area contributed by atoms with Crippen molar-refractivity contribution in [1.29, 1.82) is 0 Å². The van der Waals surface area contributed by atoms with Crippen molar-refractivity contribution in [2.75, 3.05) is 18.0 Å². The van der Waals surface area contributed by atoms with Gasteiger partial charge in [0, 0.05) is 29.6 Å². The zero-order valence-corrected chi connectivity index (χ0v) is 13.7. The van der Waals surface area contributed by atoms with Crippen molar-refractivity contribution in [2.24, 2.45) is 0 Å². The van der Waals surface area contributed by atoms with Crippen LogP contribution in [0.2, 0.25) is 10.0 Å². The van der Waals surface area contributed by atoms with E-state index in [1.807, 2.05) is 12.1 Å². The molecule has 0 aromatic heterocycles. The number of hydrogen-bond donors (Lipinski definition) is 1. The lowest BCUT2D eigenvalue weighted by Crippen LogP contribution is -2.46. The van der Waals surface area contributed by atoms with Crippen LogP contribution >= 0.6 is 39.1 Å². The second-order valence-corrected chi connectivity index (χ2v) is 7.17. The molecule has 0 spiro atoms. The van der Waals surface area contributed by atoms with Gasteiger partial charge in [0.25, 0.3) is 0 Å². The van der Waals surface area contributed by atoms with Gasteiger partial charge >= 0.3 is 0 Å². The average Bonchev–Trinajstić information content (AvgIpc) is 3.12. The topological polar surface area (TPSA) is 15.3 Å². The number of halogens is 3. The highest BCUT2D eigenvalue weighted by atomic mass is 79.9. The highest BCUT2D eigenvalue weighted by Gasteiger charge is 2.28. The Kier molecular flexibility index (Phi) is 4.28. The number of piperidine rings is 1. The minimum atomic E-state index is 0.567. The van der Waals surface area contributed by atoms with Gasteiger partial charge in [0.15, 0.2) is 0 Å². The van der Waals surface area contributed by atoms with Gasteiger partial charge in [-0.2, -0.15) is 0 Å². The summed E-state index contributed by atoms with van der Waals surface area (Å²) in [4.78, 5) is 2.32. The summed E-state index contributed by atoms with van der Waals surface area (Å²) >= 11 is 16.1. The van der Waals surface area contributed by atoms with E-state index in [0.29, 0.717) is 6.04 Å². The number of hydrogen-bond acceptors (Lipinski definition) is 2. The first-order chi connectivity index (χ1) is 9.13. The van der Waals surface area contributed by atoms with Gasteiger partial charge < -0.3 is 10.2 Å². The van der Waals surface area contributed by atoms with Crippen LogP contribution in [-0.2, 0) is 0 Å². The number of rotatable bonds is 3. The summed E-state index contributed by atoms with van der Waals surface area (Å²) in [6.45, 7) is 2.03. The van der Waals surface area contributed by atoms with Gasteiger partial charge in [-0.3, -0.25) is 0 Å². The molecular formula is C14H17BrCl2N2. The van der Waals surface area contributed by atoms with E-state index in [0.717, 1.165) is 39.3 Å². The number of nitrogens with zero attached hydrogens (tertiary/aromatic N) is 1. The van der Waals surface area contributed by atoms with Gasteiger partial charge in [0.05, 0.1) is 15.7 Å². The van der Waals surface area contributed by atoms with Gasteiger partial charge in [-0.25, -0.2) is 0 Å². The third kappa shape index (κ3) is 3.38. The Morgan fingerprint density at radius 1 is 1.11 bits per heavy atom. The van der Waals surface area contributed by atoms with E-state index in [2.05, 4.69) is 26.1 Å². The van der Waals surface area contributed by atoms with Crippen molar-refractivity contribution in [3.63, 3.8) is 0 Å². The Morgan fingerprint density at radius 2 is 1.79 bits per heavy atom. The summed E-state index contributed by atoms with van der Waals surface area (Å²) in [6, 6.07) is 5.15. The number of anilines is 1. The van der Waals surface area contributed by atoms with Crippen molar-refractivity contribution >= 4 is 44.8 Å². The molecule has 19 heavy (non-hydrogen) atoms. The van der Waals surface area contributed by atoms with E-state index < -0.39 is 0 Å². The van der Waals surface area contributed by atoms with Gasteiger partial charge in [-0.15, -0.1) is 0 Å². The Morgan fingerprint density at radius 3 is 2.42 bits per heavy atom.